The number of fused-ring (bicyclic) bond motifs is 1. The number of benzene rings is 2. The molecule has 156 valence electrons. The van der Waals surface area contributed by atoms with Crippen LogP contribution in [-0.2, 0) is 14.4 Å². The van der Waals surface area contributed by atoms with Gasteiger partial charge in [-0.25, -0.2) is 0 Å². The normalized spacial score (nSPS) is 14.6. The third-order valence-electron chi connectivity index (χ3n) is 4.99. The molecule has 0 fully saturated rings. The number of methoxy groups -OCH3 is 1. The lowest BCUT2D eigenvalue weighted by atomic mass is 9.94. The number of aromatic amines is 1. The number of anilines is 2. The second-order valence-corrected chi connectivity index (χ2v) is 7.00. The molecule has 0 bridgehead atoms. The molecule has 3 amide bonds. The molecular weight excluding hydrogens is 396 g/mol. The van der Waals surface area contributed by atoms with Crippen LogP contribution in [0.25, 0.3) is 11.6 Å². The van der Waals surface area contributed by atoms with E-state index in [0.29, 0.717) is 33.8 Å². The lowest BCUT2D eigenvalue weighted by molar-refractivity contribution is -0.127. The van der Waals surface area contributed by atoms with Crippen molar-refractivity contribution in [2.24, 2.45) is 5.73 Å². The van der Waals surface area contributed by atoms with Gasteiger partial charge in [0.05, 0.1) is 12.7 Å². The Morgan fingerprint density at radius 3 is 2.55 bits per heavy atom. The lowest BCUT2D eigenvalue weighted by Crippen LogP contribution is -2.32. The van der Waals surface area contributed by atoms with Gasteiger partial charge in [-0.2, -0.15) is 0 Å². The van der Waals surface area contributed by atoms with E-state index < -0.39 is 17.7 Å². The maximum absolute atomic E-state index is 12.8. The van der Waals surface area contributed by atoms with Crippen molar-refractivity contribution in [3.8, 4) is 5.75 Å². The van der Waals surface area contributed by atoms with Crippen LogP contribution in [0.5, 0.6) is 5.75 Å². The molecule has 0 aliphatic carbocycles. The highest BCUT2D eigenvalue weighted by molar-refractivity contribution is 6.35. The summed E-state index contributed by atoms with van der Waals surface area (Å²) in [5.74, 6) is -2.20. The molecule has 1 aromatic heterocycles. The Balaban J connectivity index is 1.61. The predicted molar refractivity (Wildman–Crippen MR) is 117 cm³/mol. The smallest absolute Gasteiger partial charge is 0.256 e. The van der Waals surface area contributed by atoms with E-state index in [4.69, 9.17) is 10.5 Å². The van der Waals surface area contributed by atoms with Crippen molar-refractivity contribution in [2.75, 3.05) is 17.7 Å². The van der Waals surface area contributed by atoms with Crippen molar-refractivity contribution < 1.29 is 19.1 Å². The standard InChI is InChI=1S/C23H20N4O4/c1-31-16-7-5-14(6-8-16)26-23(30)20(21(24)28)13-4-9-17-18(12-15-3-2-10-25-15)22(29)27-19(17)11-13/h2-12,20,25H,1H3,(H2,24,28)(H,26,30)(H,27,29)/b18-12-. The van der Waals surface area contributed by atoms with E-state index in [-0.39, 0.29) is 5.91 Å². The quantitative estimate of drug-likeness (QED) is 0.364. The van der Waals surface area contributed by atoms with Gasteiger partial charge in [0.1, 0.15) is 11.7 Å². The number of ether oxygens (including phenoxy) is 1. The molecule has 2 aromatic carbocycles. The third kappa shape index (κ3) is 4.04. The van der Waals surface area contributed by atoms with E-state index in [0.717, 1.165) is 5.69 Å². The minimum Gasteiger partial charge on any atom is -0.497 e. The monoisotopic (exact) mass is 416 g/mol. The van der Waals surface area contributed by atoms with Crippen LogP contribution in [0.3, 0.4) is 0 Å². The van der Waals surface area contributed by atoms with Gasteiger partial charge in [0.25, 0.3) is 5.91 Å². The lowest BCUT2D eigenvalue weighted by Gasteiger charge is -2.15. The number of H-pyrrole nitrogens is 1. The molecule has 5 N–H and O–H groups in total. The van der Waals surface area contributed by atoms with E-state index >= 15 is 0 Å². The summed E-state index contributed by atoms with van der Waals surface area (Å²) < 4.78 is 5.09. The first-order valence-electron chi connectivity index (χ1n) is 9.51. The number of nitrogens with two attached hydrogens (primary N) is 1. The number of nitrogens with one attached hydrogen (secondary N) is 3. The molecule has 8 heteroatoms. The van der Waals surface area contributed by atoms with Crippen LogP contribution in [0.15, 0.2) is 60.8 Å². The molecule has 0 saturated heterocycles. The molecule has 3 aromatic rings. The number of carbonyl (C=O) groups excluding carboxylic acids is 3. The number of amides is 3. The van der Waals surface area contributed by atoms with Gasteiger partial charge >= 0.3 is 0 Å². The van der Waals surface area contributed by atoms with Crippen LogP contribution in [0, 0.1) is 0 Å². The van der Waals surface area contributed by atoms with Crippen LogP contribution in [0.2, 0.25) is 0 Å². The highest BCUT2D eigenvalue weighted by Crippen LogP contribution is 2.35. The third-order valence-corrected chi connectivity index (χ3v) is 4.99. The highest BCUT2D eigenvalue weighted by atomic mass is 16.5. The number of primary amides is 1. The maximum atomic E-state index is 12.8. The number of aromatic nitrogens is 1. The maximum Gasteiger partial charge on any atom is 0.256 e. The Morgan fingerprint density at radius 1 is 1.13 bits per heavy atom. The molecule has 8 nitrogen and oxygen atoms in total. The number of hydrogen-bond acceptors (Lipinski definition) is 4. The van der Waals surface area contributed by atoms with Crippen molar-refractivity contribution in [3.63, 3.8) is 0 Å². The Bertz CT molecular complexity index is 1180. The Morgan fingerprint density at radius 2 is 1.90 bits per heavy atom. The average Bonchev–Trinajstić information content (AvgIpc) is 3.36. The van der Waals surface area contributed by atoms with Crippen molar-refractivity contribution in [1.29, 1.82) is 0 Å². The van der Waals surface area contributed by atoms with E-state index in [2.05, 4.69) is 15.6 Å². The second-order valence-electron chi connectivity index (χ2n) is 7.00. The minimum absolute atomic E-state index is 0.264. The van der Waals surface area contributed by atoms with E-state index in [1.165, 1.54) is 0 Å². The first-order chi connectivity index (χ1) is 15.0. The topological polar surface area (TPSA) is 126 Å². The summed E-state index contributed by atoms with van der Waals surface area (Å²) in [6, 6.07) is 15.3. The van der Waals surface area contributed by atoms with Crippen LogP contribution in [0.1, 0.15) is 22.7 Å². The molecule has 31 heavy (non-hydrogen) atoms. The van der Waals surface area contributed by atoms with Crippen LogP contribution >= 0.6 is 0 Å². The molecular formula is C23H20N4O4. The van der Waals surface area contributed by atoms with Crippen molar-refractivity contribution in [2.45, 2.75) is 5.92 Å². The van der Waals surface area contributed by atoms with Gasteiger partial charge in [0.15, 0.2) is 0 Å². The molecule has 0 spiro atoms. The van der Waals surface area contributed by atoms with Crippen LogP contribution < -0.4 is 21.1 Å². The largest absolute Gasteiger partial charge is 0.497 e. The molecule has 1 atom stereocenters. The molecule has 1 aliphatic rings. The van der Waals surface area contributed by atoms with Crippen molar-refractivity contribution >= 4 is 40.7 Å². The summed E-state index contributed by atoms with van der Waals surface area (Å²) in [5.41, 5.74) is 8.90. The first kappa shape index (κ1) is 20.0. The predicted octanol–water partition coefficient (Wildman–Crippen LogP) is 2.72. The van der Waals surface area contributed by atoms with Gasteiger partial charge in [-0.05, 0) is 54.1 Å². The van der Waals surface area contributed by atoms with Gasteiger partial charge in [0.2, 0.25) is 11.8 Å². The van der Waals surface area contributed by atoms with Gasteiger partial charge in [-0.3, -0.25) is 14.4 Å². The minimum atomic E-state index is -1.22. The summed E-state index contributed by atoms with van der Waals surface area (Å²) in [5, 5.41) is 5.47. The fourth-order valence-electron chi connectivity index (χ4n) is 3.46. The first-order valence-corrected chi connectivity index (χ1v) is 9.51. The summed E-state index contributed by atoms with van der Waals surface area (Å²) >= 11 is 0. The summed E-state index contributed by atoms with van der Waals surface area (Å²) in [7, 11) is 1.54. The van der Waals surface area contributed by atoms with E-state index in [9.17, 15) is 14.4 Å². The molecule has 1 unspecified atom stereocenters. The fourth-order valence-corrected chi connectivity index (χ4v) is 3.46. The Labute approximate surface area is 178 Å². The van der Waals surface area contributed by atoms with E-state index in [1.807, 2.05) is 12.1 Å². The zero-order valence-corrected chi connectivity index (χ0v) is 16.6. The highest BCUT2D eigenvalue weighted by Gasteiger charge is 2.30. The van der Waals surface area contributed by atoms with Gasteiger partial charge in [-0.15, -0.1) is 0 Å². The van der Waals surface area contributed by atoms with Crippen molar-refractivity contribution in [1.82, 2.24) is 4.98 Å². The van der Waals surface area contributed by atoms with Crippen molar-refractivity contribution in [3.05, 3.63) is 77.6 Å². The second kappa shape index (κ2) is 8.19. The van der Waals surface area contributed by atoms with Crippen LogP contribution in [-0.4, -0.2) is 29.8 Å². The average molecular weight is 416 g/mol. The van der Waals surface area contributed by atoms with Gasteiger partial charge in [0, 0.05) is 28.8 Å². The summed E-state index contributed by atoms with van der Waals surface area (Å²) in [4.78, 5) is 40.4. The molecule has 0 radical (unpaired) electrons. The molecule has 0 saturated carbocycles. The van der Waals surface area contributed by atoms with Gasteiger partial charge < -0.3 is 26.1 Å². The SMILES string of the molecule is COc1ccc(NC(=O)C(C(N)=O)c2ccc3c(c2)NC(=O)/C3=C\c2ccc[nH]2)cc1. The number of rotatable bonds is 6. The Kier molecular flexibility index (Phi) is 5.28. The summed E-state index contributed by atoms with van der Waals surface area (Å²) in [6.45, 7) is 0. The number of carbonyl (C=O) groups is 3. The van der Waals surface area contributed by atoms with Gasteiger partial charge in [-0.1, -0.05) is 12.1 Å². The van der Waals surface area contributed by atoms with Crippen LogP contribution in [0.4, 0.5) is 11.4 Å². The molecule has 4 rings (SSSR count). The fraction of sp³-hybridized carbons (Fsp3) is 0.0870. The zero-order chi connectivity index (χ0) is 22.0. The molecule has 1 aliphatic heterocycles. The molecule has 2 heterocycles. The summed E-state index contributed by atoms with van der Waals surface area (Å²) in [6.07, 6.45) is 3.50. The van der Waals surface area contributed by atoms with E-state index in [1.54, 1.807) is 61.8 Å². The zero-order valence-electron chi connectivity index (χ0n) is 16.6. The number of hydrogen-bond donors (Lipinski definition) is 4. The Hall–Kier alpha value is -4.33.